The monoisotopic (exact) mass is 257 g/mol. The molecule has 0 bridgehead atoms. The van der Waals surface area contributed by atoms with Crippen molar-refractivity contribution in [3.63, 3.8) is 0 Å². The van der Waals surface area contributed by atoms with Crippen molar-refractivity contribution >= 4 is 22.6 Å². The molecule has 1 amide bonds. The summed E-state index contributed by atoms with van der Waals surface area (Å²) in [4.78, 5) is 16.7. The predicted molar refractivity (Wildman–Crippen MR) is 78.5 cm³/mol. The van der Waals surface area contributed by atoms with Crippen LogP contribution in [0.15, 0.2) is 30.3 Å². The van der Waals surface area contributed by atoms with E-state index in [0.29, 0.717) is 23.8 Å². The van der Waals surface area contributed by atoms with Gasteiger partial charge >= 0.3 is 0 Å². The Balaban J connectivity index is 2.42. The molecule has 0 aliphatic heterocycles. The Morgan fingerprint density at radius 2 is 2.05 bits per heavy atom. The first-order valence-corrected chi connectivity index (χ1v) is 6.47. The zero-order valence-corrected chi connectivity index (χ0v) is 11.5. The van der Waals surface area contributed by atoms with Crippen LogP contribution in [0.25, 0.3) is 10.9 Å². The first kappa shape index (κ1) is 13.3. The van der Waals surface area contributed by atoms with Crippen molar-refractivity contribution in [2.45, 2.75) is 13.8 Å². The molecule has 4 heteroatoms. The Hall–Kier alpha value is -2.10. The van der Waals surface area contributed by atoms with Crippen molar-refractivity contribution < 1.29 is 4.79 Å². The summed E-state index contributed by atoms with van der Waals surface area (Å²) in [6, 6.07) is 9.46. The molecule has 1 heterocycles. The number of rotatable bonds is 4. The maximum absolute atomic E-state index is 12.3. The third kappa shape index (κ3) is 3.02. The number of aromatic nitrogens is 1. The van der Waals surface area contributed by atoms with Gasteiger partial charge < -0.3 is 10.6 Å². The normalized spacial score (nSPS) is 10.7. The van der Waals surface area contributed by atoms with Gasteiger partial charge in [0.15, 0.2) is 0 Å². The van der Waals surface area contributed by atoms with Crippen LogP contribution in [-0.4, -0.2) is 24.5 Å². The summed E-state index contributed by atoms with van der Waals surface area (Å²) in [5.74, 6) is 1.08. The number of amides is 1. The molecule has 100 valence electrons. The number of hydrogen-bond acceptors (Lipinski definition) is 3. The summed E-state index contributed by atoms with van der Waals surface area (Å²) in [5.41, 5.74) is 1.49. The van der Waals surface area contributed by atoms with E-state index in [1.165, 1.54) is 0 Å². The van der Waals surface area contributed by atoms with Crippen LogP contribution in [0.4, 0.5) is 5.82 Å². The second-order valence-corrected chi connectivity index (χ2v) is 4.93. The molecule has 19 heavy (non-hydrogen) atoms. The lowest BCUT2D eigenvalue weighted by Crippen LogP contribution is -2.27. The Labute approximate surface area is 113 Å². The van der Waals surface area contributed by atoms with Gasteiger partial charge in [-0.2, -0.15) is 0 Å². The lowest BCUT2D eigenvalue weighted by Gasteiger charge is -2.11. The smallest absolute Gasteiger partial charge is 0.252 e. The van der Waals surface area contributed by atoms with Gasteiger partial charge in [-0.3, -0.25) is 4.79 Å². The van der Waals surface area contributed by atoms with Crippen molar-refractivity contribution in [1.82, 2.24) is 10.3 Å². The number of pyridine rings is 1. The van der Waals surface area contributed by atoms with Gasteiger partial charge in [0.05, 0.1) is 11.1 Å². The lowest BCUT2D eigenvalue weighted by atomic mass is 10.1. The Kier molecular flexibility index (Phi) is 4.00. The zero-order valence-electron chi connectivity index (χ0n) is 11.5. The number of carbonyl (C=O) groups excluding carboxylic acids is 1. The fraction of sp³-hybridized carbons (Fsp3) is 0.333. The summed E-state index contributed by atoms with van der Waals surface area (Å²) >= 11 is 0. The van der Waals surface area contributed by atoms with E-state index in [4.69, 9.17) is 0 Å². The van der Waals surface area contributed by atoms with Crippen LogP contribution in [-0.2, 0) is 0 Å². The highest BCUT2D eigenvalue weighted by atomic mass is 16.1. The first-order chi connectivity index (χ1) is 9.11. The molecule has 0 radical (unpaired) electrons. The highest BCUT2D eigenvalue weighted by Crippen LogP contribution is 2.20. The molecule has 2 rings (SSSR count). The van der Waals surface area contributed by atoms with Crippen molar-refractivity contribution in [2.24, 2.45) is 5.92 Å². The number of anilines is 1. The number of nitrogens with zero attached hydrogens (tertiary/aromatic N) is 1. The van der Waals surface area contributed by atoms with E-state index >= 15 is 0 Å². The predicted octanol–water partition coefficient (Wildman–Crippen LogP) is 2.66. The molecule has 0 spiro atoms. The van der Waals surface area contributed by atoms with Gasteiger partial charge in [-0.25, -0.2) is 4.98 Å². The molecule has 1 aromatic heterocycles. The zero-order chi connectivity index (χ0) is 13.8. The summed E-state index contributed by atoms with van der Waals surface area (Å²) in [5, 5.41) is 6.81. The van der Waals surface area contributed by atoms with Gasteiger partial charge in [0.2, 0.25) is 0 Å². The van der Waals surface area contributed by atoms with Crippen LogP contribution in [0.3, 0.4) is 0 Å². The lowest BCUT2D eigenvalue weighted by molar-refractivity contribution is 0.0950. The third-order valence-corrected chi connectivity index (χ3v) is 2.89. The summed E-state index contributed by atoms with van der Waals surface area (Å²) in [6.07, 6.45) is 0. The van der Waals surface area contributed by atoms with E-state index < -0.39 is 0 Å². The summed E-state index contributed by atoms with van der Waals surface area (Å²) in [7, 11) is 1.80. The molecule has 1 aromatic carbocycles. The average molecular weight is 257 g/mol. The number of hydrogen-bond donors (Lipinski definition) is 2. The van der Waals surface area contributed by atoms with Crippen molar-refractivity contribution in [3.05, 3.63) is 35.9 Å². The maximum atomic E-state index is 12.3. The number of fused-ring (bicyclic) bond motifs is 1. The Bertz CT molecular complexity index is 593. The van der Waals surface area contributed by atoms with Gasteiger partial charge in [0.1, 0.15) is 5.82 Å². The third-order valence-electron chi connectivity index (χ3n) is 2.89. The van der Waals surface area contributed by atoms with E-state index in [1.54, 1.807) is 13.1 Å². The van der Waals surface area contributed by atoms with E-state index in [9.17, 15) is 4.79 Å². The van der Waals surface area contributed by atoms with E-state index in [2.05, 4.69) is 29.5 Å². The van der Waals surface area contributed by atoms with Gasteiger partial charge in [0.25, 0.3) is 5.91 Å². The molecule has 0 aliphatic carbocycles. The molecule has 2 aromatic rings. The standard InChI is InChI=1S/C15H19N3O/c1-10(2)9-17-15(19)12-8-14(16-3)18-13-7-5-4-6-11(12)13/h4-8,10H,9H2,1-3H3,(H,16,18)(H,17,19). The van der Waals surface area contributed by atoms with Gasteiger partial charge in [0, 0.05) is 19.0 Å². The molecule has 0 unspecified atom stereocenters. The minimum atomic E-state index is -0.0520. The van der Waals surface area contributed by atoms with Crippen molar-refractivity contribution in [1.29, 1.82) is 0 Å². The number of benzene rings is 1. The van der Waals surface area contributed by atoms with E-state index in [-0.39, 0.29) is 5.91 Å². The van der Waals surface area contributed by atoms with Gasteiger partial charge in [-0.05, 0) is 18.1 Å². The fourth-order valence-electron chi connectivity index (χ4n) is 1.88. The van der Waals surface area contributed by atoms with Crippen LogP contribution in [0.1, 0.15) is 24.2 Å². The molecule has 0 fully saturated rings. The van der Waals surface area contributed by atoms with Crippen LogP contribution in [0.2, 0.25) is 0 Å². The van der Waals surface area contributed by atoms with E-state index in [1.807, 2.05) is 24.3 Å². The molecule has 0 atom stereocenters. The van der Waals surface area contributed by atoms with Crippen LogP contribution in [0.5, 0.6) is 0 Å². The largest absolute Gasteiger partial charge is 0.373 e. The van der Waals surface area contributed by atoms with Crippen molar-refractivity contribution in [3.8, 4) is 0 Å². The van der Waals surface area contributed by atoms with Crippen LogP contribution in [0, 0.1) is 5.92 Å². The van der Waals surface area contributed by atoms with E-state index in [0.717, 1.165) is 10.9 Å². The molecular formula is C15H19N3O. The Morgan fingerprint density at radius 1 is 1.32 bits per heavy atom. The van der Waals surface area contributed by atoms with Crippen LogP contribution < -0.4 is 10.6 Å². The second-order valence-electron chi connectivity index (χ2n) is 4.93. The summed E-state index contributed by atoms with van der Waals surface area (Å²) < 4.78 is 0. The second kappa shape index (κ2) is 5.69. The van der Waals surface area contributed by atoms with Gasteiger partial charge in [-0.1, -0.05) is 32.0 Å². The topological polar surface area (TPSA) is 54.0 Å². The minimum absolute atomic E-state index is 0.0520. The maximum Gasteiger partial charge on any atom is 0.252 e. The summed E-state index contributed by atoms with van der Waals surface area (Å²) in [6.45, 7) is 4.82. The molecule has 0 saturated carbocycles. The molecular weight excluding hydrogens is 238 g/mol. The highest BCUT2D eigenvalue weighted by molar-refractivity contribution is 6.06. The average Bonchev–Trinajstić information content (AvgIpc) is 2.43. The van der Waals surface area contributed by atoms with Crippen LogP contribution >= 0.6 is 0 Å². The molecule has 0 aliphatic rings. The Morgan fingerprint density at radius 3 is 2.74 bits per heavy atom. The first-order valence-electron chi connectivity index (χ1n) is 6.47. The number of carbonyl (C=O) groups is 1. The molecule has 2 N–H and O–H groups in total. The number of nitrogens with one attached hydrogen (secondary N) is 2. The quantitative estimate of drug-likeness (QED) is 0.885. The van der Waals surface area contributed by atoms with Crippen molar-refractivity contribution in [2.75, 3.05) is 18.9 Å². The minimum Gasteiger partial charge on any atom is -0.373 e. The van der Waals surface area contributed by atoms with Gasteiger partial charge in [-0.15, -0.1) is 0 Å². The molecule has 4 nitrogen and oxygen atoms in total. The molecule has 0 saturated heterocycles. The fourth-order valence-corrected chi connectivity index (χ4v) is 1.88. The SMILES string of the molecule is CNc1cc(C(=O)NCC(C)C)c2ccccc2n1. The highest BCUT2D eigenvalue weighted by Gasteiger charge is 2.12. The number of para-hydroxylation sites is 1.